The van der Waals surface area contributed by atoms with Crippen molar-refractivity contribution in [3.05, 3.63) is 34.4 Å². The predicted molar refractivity (Wildman–Crippen MR) is 91.8 cm³/mol. The first-order valence-corrected chi connectivity index (χ1v) is 8.60. The molecule has 0 aromatic heterocycles. The molecule has 1 aliphatic rings. The van der Waals surface area contributed by atoms with Gasteiger partial charge in [0, 0.05) is 13.1 Å². The molecule has 0 spiro atoms. The van der Waals surface area contributed by atoms with Crippen LogP contribution in [-0.2, 0) is 6.54 Å². The largest absolute Gasteiger partial charge is 0.316 e. The van der Waals surface area contributed by atoms with Crippen LogP contribution in [0.2, 0.25) is 0 Å². The molecule has 1 fully saturated rings. The highest BCUT2D eigenvalue weighted by Gasteiger charge is 2.20. The quantitative estimate of drug-likeness (QED) is 0.801. The van der Waals surface area contributed by atoms with E-state index in [0.29, 0.717) is 0 Å². The van der Waals surface area contributed by atoms with E-state index < -0.39 is 0 Å². The van der Waals surface area contributed by atoms with Crippen LogP contribution in [0.3, 0.4) is 0 Å². The van der Waals surface area contributed by atoms with E-state index in [9.17, 15) is 0 Å². The molecule has 1 unspecified atom stereocenters. The van der Waals surface area contributed by atoms with Crippen molar-refractivity contribution in [2.45, 2.75) is 53.5 Å². The third kappa shape index (κ3) is 4.82. The maximum Gasteiger partial charge on any atom is 0.0239 e. The number of rotatable bonds is 6. The Labute approximate surface area is 130 Å². The molecule has 1 heterocycles. The Balaban J connectivity index is 1.93. The van der Waals surface area contributed by atoms with E-state index in [0.717, 1.165) is 19.0 Å². The Morgan fingerprint density at radius 3 is 2.57 bits per heavy atom. The fraction of sp³-hybridized carbons (Fsp3) is 0.684. The van der Waals surface area contributed by atoms with Crippen molar-refractivity contribution in [3.63, 3.8) is 0 Å². The number of nitrogens with one attached hydrogen (secondary N) is 1. The molecule has 1 N–H and O–H groups in total. The lowest BCUT2D eigenvalue weighted by Crippen LogP contribution is -2.39. The van der Waals surface area contributed by atoms with E-state index in [-0.39, 0.29) is 0 Å². The fourth-order valence-electron chi connectivity index (χ4n) is 3.63. The van der Waals surface area contributed by atoms with E-state index in [1.54, 1.807) is 5.56 Å². The summed E-state index contributed by atoms with van der Waals surface area (Å²) in [4.78, 5) is 2.66. The molecule has 1 saturated heterocycles. The molecule has 21 heavy (non-hydrogen) atoms. The number of likely N-dealkylation sites (tertiary alicyclic amines) is 1. The molecule has 0 amide bonds. The summed E-state index contributed by atoms with van der Waals surface area (Å²) in [5.41, 5.74) is 5.84. The Bertz CT molecular complexity index is 430. The number of hydrogen-bond donors (Lipinski definition) is 1. The molecule has 118 valence electrons. The molecule has 0 radical (unpaired) electrons. The van der Waals surface area contributed by atoms with Crippen LogP contribution in [0.4, 0.5) is 0 Å². The SMILES string of the molecule is CCCNCC1CCCN(Cc2c(C)cc(C)cc2C)C1. The Kier molecular flexibility index (Phi) is 6.25. The summed E-state index contributed by atoms with van der Waals surface area (Å²) in [6, 6.07) is 4.65. The minimum Gasteiger partial charge on any atom is -0.316 e. The maximum absolute atomic E-state index is 3.59. The molecule has 2 nitrogen and oxygen atoms in total. The lowest BCUT2D eigenvalue weighted by molar-refractivity contribution is 0.165. The molecule has 2 heteroatoms. The highest BCUT2D eigenvalue weighted by atomic mass is 15.1. The Hall–Kier alpha value is -0.860. The molecule has 1 atom stereocenters. The number of aryl methyl sites for hydroxylation is 3. The first-order chi connectivity index (χ1) is 10.1. The van der Waals surface area contributed by atoms with Gasteiger partial charge < -0.3 is 5.32 Å². The summed E-state index contributed by atoms with van der Waals surface area (Å²) < 4.78 is 0. The minimum atomic E-state index is 0.830. The standard InChI is InChI=1S/C19H32N2/c1-5-8-20-12-18-7-6-9-21(13-18)14-19-16(3)10-15(2)11-17(19)4/h10-11,18,20H,5-9,12-14H2,1-4H3. The highest BCUT2D eigenvalue weighted by Crippen LogP contribution is 2.22. The summed E-state index contributed by atoms with van der Waals surface area (Å²) in [6.07, 6.45) is 3.97. The number of hydrogen-bond acceptors (Lipinski definition) is 2. The van der Waals surface area contributed by atoms with Gasteiger partial charge >= 0.3 is 0 Å². The van der Waals surface area contributed by atoms with Crippen LogP contribution in [0.5, 0.6) is 0 Å². The van der Waals surface area contributed by atoms with Crippen molar-refractivity contribution in [2.24, 2.45) is 5.92 Å². The zero-order valence-electron chi connectivity index (χ0n) is 14.3. The van der Waals surface area contributed by atoms with Crippen LogP contribution in [0.25, 0.3) is 0 Å². The molecule has 0 saturated carbocycles. The first-order valence-electron chi connectivity index (χ1n) is 8.60. The molecule has 0 bridgehead atoms. The maximum atomic E-state index is 3.59. The second kappa shape index (κ2) is 7.95. The zero-order valence-corrected chi connectivity index (χ0v) is 14.3. The molecule has 0 aliphatic carbocycles. The van der Waals surface area contributed by atoms with Gasteiger partial charge in [0.1, 0.15) is 0 Å². The van der Waals surface area contributed by atoms with Gasteiger partial charge in [0.2, 0.25) is 0 Å². The normalized spacial score (nSPS) is 19.9. The summed E-state index contributed by atoms with van der Waals surface area (Å²) >= 11 is 0. The third-order valence-electron chi connectivity index (χ3n) is 4.68. The van der Waals surface area contributed by atoms with E-state index >= 15 is 0 Å². The number of nitrogens with zero attached hydrogens (tertiary/aromatic N) is 1. The molecule has 1 aromatic carbocycles. The second-order valence-electron chi connectivity index (χ2n) is 6.82. The van der Waals surface area contributed by atoms with Crippen molar-refractivity contribution in [1.82, 2.24) is 10.2 Å². The van der Waals surface area contributed by atoms with E-state index in [1.807, 2.05) is 0 Å². The molecule has 1 aliphatic heterocycles. The van der Waals surface area contributed by atoms with Gasteiger partial charge in [0.15, 0.2) is 0 Å². The predicted octanol–water partition coefficient (Wildman–Crippen LogP) is 3.82. The van der Waals surface area contributed by atoms with Crippen molar-refractivity contribution in [2.75, 3.05) is 26.2 Å². The Morgan fingerprint density at radius 1 is 1.19 bits per heavy atom. The van der Waals surface area contributed by atoms with Gasteiger partial charge in [-0.2, -0.15) is 0 Å². The molecular formula is C19H32N2. The van der Waals surface area contributed by atoms with E-state index in [4.69, 9.17) is 0 Å². The monoisotopic (exact) mass is 288 g/mol. The lowest BCUT2D eigenvalue weighted by Gasteiger charge is -2.33. The minimum absolute atomic E-state index is 0.830. The van der Waals surface area contributed by atoms with Crippen LogP contribution >= 0.6 is 0 Å². The Morgan fingerprint density at radius 2 is 1.90 bits per heavy atom. The fourth-order valence-corrected chi connectivity index (χ4v) is 3.63. The topological polar surface area (TPSA) is 15.3 Å². The van der Waals surface area contributed by atoms with Crippen LogP contribution in [0.1, 0.15) is 48.4 Å². The lowest BCUT2D eigenvalue weighted by atomic mass is 9.95. The number of piperidine rings is 1. The van der Waals surface area contributed by atoms with Crippen LogP contribution in [-0.4, -0.2) is 31.1 Å². The molecule has 2 rings (SSSR count). The summed E-state index contributed by atoms with van der Waals surface area (Å²) in [5.74, 6) is 0.830. The van der Waals surface area contributed by atoms with Crippen LogP contribution in [0.15, 0.2) is 12.1 Å². The number of benzene rings is 1. The first kappa shape index (κ1) is 16.5. The third-order valence-corrected chi connectivity index (χ3v) is 4.68. The van der Waals surface area contributed by atoms with Gasteiger partial charge in [-0.15, -0.1) is 0 Å². The van der Waals surface area contributed by atoms with Gasteiger partial charge in [0.05, 0.1) is 0 Å². The zero-order chi connectivity index (χ0) is 15.2. The van der Waals surface area contributed by atoms with Gasteiger partial charge in [-0.25, -0.2) is 0 Å². The summed E-state index contributed by atoms with van der Waals surface area (Å²) in [7, 11) is 0. The highest BCUT2D eigenvalue weighted by molar-refractivity contribution is 5.37. The molecule has 1 aromatic rings. The average molecular weight is 288 g/mol. The van der Waals surface area contributed by atoms with Crippen molar-refractivity contribution >= 4 is 0 Å². The van der Waals surface area contributed by atoms with Crippen LogP contribution < -0.4 is 5.32 Å². The van der Waals surface area contributed by atoms with E-state index in [1.165, 1.54) is 55.6 Å². The van der Waals surface area contributed by atoms with Crippen molar-refractivity contribution in [1.29, 1.82) is 0 Å². The average Bonchev–Trinajstić information content (AvgIpc) is 2.44. The summed E-state index contributed by atoms with van der Waals surface area (Å²) in [5, 5.41) is 3.59. The smallest absolute Gasteiger partial charge is 0.0239 e. The van der Waals surface area contributed by atoms with Crippen LogP contribution in [0, 0.1) is 26.7 Å². The van der Waals surface area contributed by atoms with E-state index in [2.05, 4.69) is 50.0 Å². The van der Waals surface area contributed by atoms with Gasteiger partial charge in [0.25, 0.3) is 0 Å². The van der Waals surface area contributed by atoms with Crippen molar-refractivity contribution < 1.29 is 0 Å². The van der Waals surface area contributed by atoms with Gasteiger partial charge in [-0.3, -0.25) is 4.90 Å². The van der Waals surface area contributed by atoms with Gasteiger partial charge in [-0.1, -0.05) is 24.6 Å². The van der Waals surface area contributed by atoms with Crippen molar-refractivity contribution in [3.8, 4) is 0 Å². The second-order valence-corrected chi connectivity index (χ2v) is 6.82. The van der Waals surface area contributed by atoms with Gasteiger partial charge in [-0.05, 0) is 82.3 Å². The summed E-state index contributed by atoms with van der Waals surface area (Å²) in [6.45, 7) is 15.0. The molecular weight excluding hydrogens is 256 g/mol.